The van der Waals surface area contributed by atoms with Crippen LogP contribution in [0.15, 0.2) is 12.4 Å². The second kappa shape index (κ2) is 7.55. The van der Waals surface area contributed by atoms with Crippen LogP contribution < -0.4 is 9.80 Å². The number of rotatable bonds is 4. The molecule has 2 aromatic rings. The molecule has 0 bridgehead atoms. The summed E-state index contributed by atoms with van der Waals surface area (Å²) >= 11 is 0. The number of nitrogens with zero attached hydrogens (tertiary/aromatic N) is 8. The summed E-state index contributed by atoms with van der Waals surface area (Å²) in [6.07, 6.45) is 1.61. The quantitative estimate of drug-likeness (QED) is 0.760. The van der Waals surface area contributed by atoms with Crippen LogP contribution in [0.2, 0.25) is 0 Å². The number of piperazine rings is 1. The lowest BCUT2D eigenvalue weighted by Crippen LogP contribution is -2.47. The molecule has 0 atom stereocenters. The van der Waals surface area contributed by atoms with E-state index in [1.165, 1.54) is 0 Å². The molecule has 4 rings (SSSR count). The van der Waals surface area contributed by atoms with Gasteiger partial charge < -0.3 is 14.5 Å². The van der Waals surface area contributed by atoms with Crippen LogP contribution in [0.3, 0.4) is 0 Å². The molecule has 0 radical (unpaired) electrons. The Morgan fingerprint density at radius 3 is 2.46 bits per heavy atom. The maximum absolute atomic E-state index is 5.45. The van der Waals surface area contributed by atoms with Crippen molar-refractivity contribution in [3.05, 3.63) is 23.9 Å². The van der Waals surface area contributed by atoms with Crippen molar-refractivity contribution in [3.63, 3.8) is 0 Å². The summed E-state index contributed by atoms with van der Waals surface area (Å²) in [6.45, 7) is 9.96. The minimum atomic E-state index is 0.763. The fraction of sp³-hybridized carbons (Fsp3) is 0.647. The van der Waals surface area contributed by atoms with Gasteiger partial charge in [-0.2, -0.15) is 10.1 Å². The van der Waals surface area contributed by atoms with Crippen LogP contribution in [0.25, 0.3) is 0 Å². The van der Waals surface area contributed by atoms with Gasteiger partial charge in [0, 0.05) is 58.1 Å². The van der Waals surface area contributed by atoms with Gasteiger partial charge >= 0.3 is 0 Å². The summed E-state index contributed by atoms with van der Waals surface area (Å²) in [4.78, 5) is 20.8. The first-order chi connectivity index (χ1) is 12.7. The van der Waals surface area contributed by atoms with E-state index in [1.54, 1.807) is 6.33 Å². The van der Waals surface area contributed by atoms with Crippen molar-refractivity contribution < 1.29 is 4.74 Å². The average molecular weight is 358 g/mol. The van der Waals surface area contributed by atoms with Gasteiger partial charge in [0.1, 0.15) is 18.0 Å². The topological polar surface area (TPSA) is 75.4 Å². The molecular formula is C17H26N8O. The van der Waals surface area contributed by atoms with E-state index < -0.39 is 0 Å². The molecule has 2 saturated heterocycles. The summed E-state index contributed by atoms with van der Waals surface area (Å²) in [5, 5.41) is 4.14. The van der Waals surface area contributed by atoms with Crippen molar-refractivity contribution in [3.8, 4) is 0 Å². The molecule has 140 valence electrons. The molecular weight excluding hydrogens is 332 g/mol. The van der Waals surface area contributed by atoms with Gasteiger partial charge in [-0.25, -0.2) is 9.97 Å². The molecule has 2 fully saturated rings. The van der Waals surface area contributed by atoms with Crippen LogP contribution in [0, 0.1) is 6.92 Å². The molecule has 0 spiro atoms. The molecule has 4 heterocycles. The normalized spacial score (nSPS) is 19.2. The number of morpholine rings is 1. The third kappa shape index (κ3) is 3.78. The molecule has 26 heavy (non-hydrogen) atoms. The molecule has 2 aromatic heterocycles. The predicted molar refractivity (Wildman–Crippen MR) is 98.3 cm³/mol. The Labute approximate surface area is 153 Å². The first-order valence-corrected chi connectivity index (χ1v) is 9.17. The third-order valence-corrected chi connectivity index (χ3v) is 4.99. The van der Waals surface area contributed by atoms with E-state index in [1.807, 2.05) is 18.7 Å². The Bertz CT molecular complexity index is 734. The molecule has 0 amide bonds. The highest BCUT2D eigenvalue weighted by molar-refractivity contribution is 5.46. The maximum Gasteiger partial charge on any atom is 0.227 e. The van der Waals surface area contributed by atoms with E-state index in [2.05, 4.69) is 35.8 Å². The number of aromatic nitrogens is 5. The molecule has 0 aliphatic carbocycles. The van der Waals surface area contributed by atoms with Crippen molar-refractivity contribution in [1.82, 2.24) is 29.6 Å². The number of ether oxygens (including phenoxy) is 1. The van der Waals surface area contributed by atoms with E-state index in [4.69, 9.17) is 9.72 Å². The second-order valence-corrected chi connectivity index (χ2v) is 6.83. The number of aryl methyl sites for hydroxylation is 2. The van der Waals surface area contributed by atoms with E-state index in [0.29, 0.717) is 0 Å². The summed E-state index contributed by atoms with van der Waals surface area (Å²) in [6, 6.07) is 2.07. The zero-order valence-electron chi connectivity index (χ0n) is 15.5. The first-order valence-electron chi connectivity index (χ1n) is 9.17. The van der Waals surface area contributed by atoms with E-state index in [0.717, 1.165) is 82.3 Å². The Morgan fingerprint density at radius 2 is 1.77 bits per heavy atom. The van der Waals surface area contributed by atoms with E-state index in [-0.39, 0.29) is 0 Å². The van der Waals surface area contributed by atoms with Gasteiger partial charge in [0.15, 0.2) is 0 Å². The van der Waals surface area contributed by atoms with Gasteiger partial charge in [0.25, 0.3) is 0 Å². The van der Waals surface area contributed by atoms with E-state index in [9.17, 15) is 0 Å². The molecule has 2 aliphatic rings. The van der Waals surface area contributed by atoms with Crippen LogP contribution in [0.4, 0.5) is 11.8 Å². The Kier molecular flexibility index (Phi) is 4.98. The predicted octanol–water partition coefficient (Wildman–Crippen LogP) is 0.0723. The fourth-order valence-corrected chi connectivity index (χ4v) is 3.40. The Balaban J connectivity index is 1.40. The van der Waals surface area contributed by atoms with Gasteiger partial charge in [-0.15, -0.1) is 0 Å². The van der Waals surface area contributed by atoms with Gasteiger partial charge in [0.2, 0.25) is 5.95 Å². The zero-order chi connectivity index (χ0) is 17.9. The number of hydrogen-bond donors (Lipinski definition) is 0. The molecule has 9 nitrogen and oxygen atoms in total. The lowest BCUT2D eigenvalue weighted by molar-refractivity contribution is 0.122. The SMILES string of the molecule is Cc1cc(N2CCOCC2)nc(N2CCN(Cc3ncnn3C)CC2)n1. The number of anilines is 2. The second-order valence-electron chi connectivity index (χ2n) is 6.83. The standard InChI is InChI=1S/C17H26N8O/c1-14-11-15(24-7-9-26-10-8-24)21-17(20-14)25-5-3-23(4-6-25)12-16-18-13-19-22(16)2/h11,13H,3-10,12H2,1-2H3. The highest BCUT2D eigenvalue weighted by Crippen LogP contribution is 2.20. The van der Waals surface area contributed by atoms with Crippen molar-refractivity contribution in [2.45, 2.75) is 13.5 Å². The third-order valence-electron chi connectivity index (χ3n) is 4.99. The smallest absolute Gasteiger partial charge is 0.227 e. The van der Waals surface area contributed by atoms with Crippen LogP contribution >= 0.6 is 0 Å². The van der Waals surface area contributed by atoms with Gasteiger partial charge in [-0.3, -0.25) is 9.58 Å². The van der Waals surface area contributed by atoms with E-state index >= 15 is 0 Å². The summed E-state index contributed by atoms with van der Waals surface area (Å²) < 4.78 is 7.29. The van der Waals surface area contributed by atoms with Crippen LogP contribution in [-0.2, 0) is 18.3 Å². The Morgan fingerprint density at radius 1 is 1.00 bits per heavy atom. The van der Waals surface area contributed by atoms with Gasteiger partial charge in [0.05, 0.1) is 19.8 Å². The highest BCUT2D eigenvalue weighted by atomic mass is 16.5. The molecule has 0 aromatic carbocycles. The summed E-state index contributed by atoms with van der Waals surface area (Å²) in [7, 11) is 1.94. The Hall–Kier alpha value is -2.26. The van der Waals surface area contributed by atoms with Crippen LogP contribution in [0.1, 0.15) is 11.5 Å². The van der Waals surface area contributed by atoms with Gasteiger partial charge in [-0.1, -0.05) is 0 Å². The van der Waals surface area contributed by atoms with Crippen molar-refractivity contribution >= 4 is 11.8 Å². The minimum Gasteiger partial charge on any atom is -0.378 e. The highest BCUT2D eigenvalue weighted by Gasteiger charge is 2.22. The maximum atomic E-state index is 5.45. The van der Waals surface area contributed by atoms with Crippen LogP contribution in [0.5, 0.6) is 0 Å². The average Bonchev–Trinajstić information content (AvgIpc) is 3.07. The molecule has 0 saturated carbocycles. The van der Waals surface area contributed by atoms with Gasteiger partial charge in [-0.05, 0) is 6.92 Å². The summed E-state index contributed by atoms with van der Waals surface area (Å²) in [5.74, 6) is 2.85. The fourth-order valence-electron chi connectivity index (χ4n) is 3.40. The lowest BCUT2D eigenvalue weighted by Gasteiger charge is -2.35. The molecule has 0 N–H and O–H groups in total. The van der Waals surface area contributed by atoms with Crippen LogP contribution in [-0.4, -0.2) is 82.1 Å². The minimum absolute atomic E-state index is 0.763. The molecule has 2 aliphatic heterocycles. The van der Waals surface area contributed by atoms with Crippen molar-refractivity contribution in [2.24, 2.45) is 7.05 Å². The monoisotopic (exact) mass is 358 g/mol. The molecule has 0 unspecified atom stereocenters. The largest absolute Gasteiger partial charge is 0.378 e. The van der Waals surface area contributed by atoms with Crippen molar-refractivity contribution in [2.75, 3.05) is 62.3 Å². The van der Waals surface area contributed by atoms with Crippen molar-refractivity contribution in [1.29, 1.82) is 0 Å². The summed E-state index contributed by atoms with van der Waals surface area (Å²) in [5.41, 5.74) is 1.01. The lowest BCUT2D eigenvalue weighted by atomic mass is 10.3. The number of hydrogen-bond acceptors (Lipinski definition) is 8. The first kappa shape index (κ1) is 17.2. The molecule has 9 heteroatoms. The zero-order valence-corrected chi connectivity index (χ0v) is 15.5.